The molecule has 17 heavy (non-hydrogen) atoms. The first-order chi connectivity index (χ1) is 8.20. The summed E-state index contributed by atoms with van der Waals surface area (Å²) in [7, 11) is 2.17. The van der Waals surface area contributed by atoms with E-state index in [0.717, 1.165) is 23.3 Å². The van der Waals surface area contributed by atoms with E-state index in [4.69, 9.17) is 17.3 Å². The quantitative estimate of drug-likeness (QED) is 0.904. The van der Waals surface area contributed by atoms with Gasteiger partial charge in [0.25, 0.3) is 0 Å². The number of hydrogen-bond donors (Lipinski definition) is 1. The fourth-order valence-corrected chi connectivity index (χ4v) is 4.87. The molecule has 1 aliphatic rings. The average Bonchev–Trinajstić information content (AvgIpc) is 2.92. The van der Waals surface area contributed by atoms with Gasteiger partial charge in [-0.1, -0.05) is 11.6 Å². The van der Waals surface area contributed by atoms with E-state index in [2.05, 4.69) is 29.8 Å². The van der Waals surface area contributed by atoms with Crippen molar-refractivity contribution in [3.63, 3.8) is 0 Å². The van der Waals surface area contributed by atoms with Crippen LogP contribution in [0.25, 0.3) is 0 Å². The number of likely N-dealkylation sites (N-methyl/N-ethyl adjacent to an activating group) is 1. The third kappa shape index (κ3) is 3.61. The number of thiophene rings is 1. The van der Waals surface area contributed by atoms with E-state index >= 15 is 0 Å². The van der Waals surface area contributed by atoms with E-state index < -0.39 is 0 Å². The fraction of sp³-hybridized carbons (Fsp3) is 0.667. The molecule has 0 amide bonds. The molecule has 2 N–H and O–H groups in total. The van der Waals surface area contributed by atoms with E-state index in [-0.39, 0.29) is 0 Å². The molecule has 0 radical (unpaired) electrons. The molecule has 1 fully saturated rings. The van der Waals surface area contributed by atoms with Crippen molar-refractivity contribution in [3.05, 3.63) is 21.3 Å². The topological polar surface area (TPSA) is 29.3 Å². The Labute approximate surface area is 117 Å². The van der Waals surface area contributed by atoms with Crippen LogP contribution in [-0.4, -0.2) is 36.0 Å². The molecule has 1 aliphatic heterocycles. The Bertz CT molecular complexity index is 350. The lowest BCUT2D eigenvalue weighted by Gasteiger charge is -2.31. The third-order valence-corrected chi connectivity index (χ3v) is 5.75. The molecule has 0 bridgehead atoms. The van der Waals surface area contributed by atoms with E-state index in [1.807, 2.05) is 6.07 Å². The molecule has 96 valence electrons. The highest BCUT2D eigenvalue weighted by molar-refractivity contribution is 7.99. The van der Waals surface area contributed by atoms with Crippen LogP contribution in [0.2, 0.25) is 4.34 Å². The Morgan fingerprint density at radius 3 is 2.94 bits per heavy atom. The highest BCUT2D eigenvalue weighted by atomic mass is 35.5. The van der Waals surface area contributed by atoms with Gasteiger partial charge in [0, 0.05) is 24.0 Å². The molecular weight excluding hydrogens is 272 g/mol. The molecule has 2 nitrogen and oxygen atoms in total. The summed E-state index contributed by atoms with van der Waals surface area (Å²) in [5, 5.41) is 0. The fourth-order valence-electron chi connectivity index (χ4n) is 2.39. The maximum Gasteiger partial charge on any atom is 0.0931 e. The van der Waals surface area contributed by atoms with Gasteiger partial charge in [0.2, 0.25) is 0 Å². The predicted octanol–water partition coefficient (Wildman–Crippen LogP) is 2.91. The Kier molecular flexibility index (Phi) is 5.18. The van der Waals surface area contributed by atoms with Crippen molar-refractivity contribution in [1.82, 2.24) is 4.90 Å². The van der Waals surface area contributed by atoms with Crippen LogP contribution >= 0.6 is 34.7 Å². The van der Waals surface area contributed by atoms with Crippen LogP contribution in [0.4, 0.5) is 0 Å². The van der Waals surface area contributed by atoms with Crippen LogP contribution in [0.1, 0.15) is 11.3 Å². The van der Waals surface area contributed by atoms with Gasteiger partial charge in [0.1, 0.15) is 0 Å². The molecule has 0 saturated carbocycles. The molecule has 2 atom stereocenters. The Hall–Kier alpha value is 0.260. The summed E-state index contributed by atoms with van der Waals surface area (Å²) in [5.41, 5.74) is 5.94. The van der Waals surface area contributed by atoms with Gasteiger partial charge in [0.05, 0.1) is 4.34 Å². The zero-order valence-electron chi connectivity index (χ0n) is 10.1. The Morgan fingerprint density at radius 2 is 2.41 bits per heavy atom. The van der Waals surface area contributed by atoms with E-state index in [1.54, 1.807) is 11.3 Å². The maximum atomic E-state index is 5.96. The average molecular weight is 291 g/mol. The van der Waals surface area contributed by atoms with Gasteiger partial charge in [-0.25, -0.2) is 0 Å². The zero-order valence-corrected chi connectivity index (χ0v) is 12.5. The van der Waals surface area contributed by atoms with Crippen LogP contribution in [0.5, 0.6) is 0 Å². The summed E-state index contributed by atoms with van der Waals surface area (Å²) < 4.78 is 0.870. The molecule has 0 spiro atoms. The summed E-state index contributed by atoms with van der Waals surface area (Å²) in [5.74, 6) is 3.31. The lowest BCUT2D eigenvalue weighted by Crippen LogP contribution is -2.43. The van der Waals surface area contributed by atoms with Gasteiger partial charge in [-0.3, -0.25) is 4.90 Å². The summed E-state index contributed by atoms with van der Waals surface area (Å²) in [6, 6.07) is 4.59. The van der Waals surface area contributed by atoms with E-state index in [1.165, 1.54) is 22.8 Å². The number of nitrogens with two attached hydrogens (primary N) is 1. The number of hydrogen-bond acceptors (Lipinski definition) is 4. The molecule has 2 unspecified atom stereocenters. The lowest BCUT2D eigenvalue weighted by atomic mass is 9.98. The third-order valence-electron chi connectivity index (χ3n) is 3.35. The molecule has 0 aliphatic carbocycles. The summed E-state index contributed by atoms with van der Waals surface area (Å²) >= 11 is 9.67. The summed E-state index contributed by atoms with van der Waals surface area (Å²) in [4.78, 5) is 3.71. The van der Waals surface area contributed by atoms with Crippen molar-refractivity contribution in [2.45, 2.75) is 19.0 Å². The standard InChI is InChI=1S/C12H19ClN2S2/c1-15(7-10-2-3-12(13)17-10)11(6-14)9-4-5-16-8-9/h2-3,9,11H,4-8,14H2,1H3. The van der Waals surface area contributed by atoms with E-state index in [9.17, 15) is 0 Å². The highest BCUT2D eigenvalue weighted by Gasteiger charge is 2.27. The van der Waals surface area contributed by atoms with Crippen molar-refractivity contribution >= 4 is 34.7 Å². The van der Waals surface area contributed by atoms with Crippen molar-refractivity contribution in [1.29, 1.82) is 0 Å². The Morgan fingerprint density at radius 1 is 1.59 bits per heavy atom. The largest absolute Gasteiger partial charge is 0.329 e. The second-order valence-corrected chi connectivity index (χ2v) is 7.50. The minimum atomic E-state index is 0.505. The predicted molar refractivity (Wildman–Crippen MR) is 79.1 cm³/mol. The highest BCUT2D eigenvalue weighted by Crippen LogP contribution is 2.29. The Balaban J connectivity index is 1.94. The number of rotatable bonds is 5. The summed E-state index contributed by atoms with van der Waals surface area (Å²) in [6.45, 7) is 1.71. The van der Waals surface area contributed by atoms with Gasteiger partial charge < -0.3 is 5.73 Å². The smallest absolute Gasteiger partial charge is 0.0931 e. The van der Waals surface area contributed by atoms with Crippen molar-refractivity contribution < 1.29 is 0 Å². The number of thioether (sulfide) groups is 1. The summed E-state index contributed by atoms with van der Waals surface area (Å²) in [6.07, 6.45) is 1.31. The number of nitrogens with zero attached hydrogens (tertiary/aromatic N) is 1. The van der Waals surface area contributed by atoms with Gasteiger partial charge in [-0.05, 0) is 43.0 Å². The second-order valence-electron chi connectivity index (χ2n) is 4.55. The first kappa shape index (κ1) is 13.7. The molecule has 2 heterocycles. The van der Waals surface area contributed by atoms with Crippen molar-refractivity contribution in [2.24, 2.45) is 11.7 Å². The molecule has 2 rings (SSSR count). The maximum absolute atomic E-state index is 5.96. The van der Waals surface area contributed by atoms with Crippen molar-refractivity contribution in [2.75, 3.05) is 25.1 Å². The second kappa shape index (κ2) is 6.43. The van der Waals surface area contributed by atoms with Gasteiger partial charge in [-0.2, -0.15) is 11.8 Å². The minimum absolute atomic E-state index is 0.505. The molecule has 5 heteroatoms. The number of halogens is 1. The van der Waals surface area contributed by atoms with Gasteiger partial charge in [0.15, 0.2) is 0 Å². The van der Waals surface area contributed by atoms with Crippen LogP contribution in [0.3, 0.4) is 0 Å². The van der Waals surface area contributed by atoms with Crippen molar-refractivity contribution in [3.8, 4) is 0 Å². The van der Waals surface area contributed by atoms with Gasteiger partial charge in [-0.15, -0.1) is 11.3 Å². The van der Waals surface area contributed by atoms with Crippen LogP contribution in [0, 0.1) is 5.92 Å². The SMILES string of the molecule is CN(Cc1ccc(Cl)s1)C(CN)C1CCSC1. The monoisotopic (exact) mass is 290 g/mol. The van der Waals surface area contributed by atoms with Crippen LogP contribution < -0.4 is 5.73 Å². The molecule has 1 aromatic rings. The first-order valence-electron chi connectivity index (χ1n) is 5.93. The molecular formula is C12H19ClN2S2. The van der Waals surface area contributed by atoms with Gasteiger partial charge >= 0.3 is 0 Å². The molecule has 1 aromatic heterocycles. The molecule has 1 saturated heterocycles. The van der Waals surface area contributed by atoms with Crippen LogP contribution in [-0.2, 0) is 6.54 Å². The molecule has 0 aromatic carbocycles. The van der Waals surface area contributed by atoms with E-state index in [0.29, 0.717) is 6.04 Å². The first-order valence-corrected chi connectivity index (χ1v) is 8.28. The lowest BCUT2D eigenvalue weighted by molar-refractivity contribution is 0.185. The normalized spacial score (nSPS) is 22.2. The van der Waals surface area contributed by atoms with Crippen LogP contribution in [0.15, 0.2) is 12.1 Å². The minimum Gasteiger partial charge on any atom is -0.329 e. The zero-order chi connectivity index (χ0) is 12.3.